The van der Waals surface area contributed by atoms with E-state index in [4.69, 9.17) is 9.15 Å². The van der Waals surface area contributed by atoms with Gasteiger partial charge in [0.1, 0.15) is 11.3 Å². The molecule has 1 atom stereocenters. The van der Waals surface area contributed by atoms with Crippen LogP contribution in [-0.2, 0) is 11.2 Å². The standard InChI is InChI=1S/C19H27NO4/c1-12(2)18(22)19(3,4)11-20-17(21)8-13-10-24-16-9-14(23-5)6-7-15(13)16/h6-7,9-10,12,18,22H,8,11H2,1-5H3,(H,20,21). The third-order valence-electron chi connectivity index (χ3n) is 4.39. The second-order valence-corrected chi connectivity index (χ2v) is 7.25. The normalized spacial score (nSPS) is 13.3. The number of nitrogens with one attached hydrogen (secondary N) is 1. The van der Waals surface area contributed by atoms with E-state index in [-0.39, 0.29) is 23.7 Å². The molecule has 1 unspecified atom stereocenters. The van der Waals surface area contributed by atoms with Crippen molar-refractivity contribution in [2.75, 3.05) is 13.7 Å². The van der Waals surface area contributed by atoms with Crippen molar-refractivity contribution in [2.45, 2.75) is 40.2 Å². The second-order valence-electron chi connectivity index (χ2n) is 7.25. The van der Waals surface area contributed by atoms with Crippen molar-refractivity contribution in [1.82, 2.24) is 5.32 Å². The van der Waals surface area contributed by atoms with E-state index in [1.165, 1.54) is 0 Å². The minimum Gasteiger partial charge on any atom is -0.497 e. The summed E-state index contributed by atoms with van der Waals surface area (Å²) in [6.07, 6.45) is 1.38. The van der Waals surface area contributed by atoms with E-state index >= 15 is 0 Å². The van der Waals surface area contributed by atoms with Gasteiger partial charge in [-0.15, -0.1) is 0 Å². The highest BCUT2D eigenvalue weighted by Crippen LogP contribution is 2.27. The maximum Gasteiger partial charge on any atom is 0.224 e. The SMILES string of the molecule is COc1ccc2c(CC(=O)NCC(C)(C)C(O)C(C)C)coc2c1. The van der Waals surface area contributed by atoms with Crippen molar-refractivity contribution in [1.29, 1.82) is 0 Å². The Hall–Kier alpha value is -2.01. The smallest absolute Gasteiger partial charge is 0.224 e. The number of aliphatic hydroxyl groups excluding tert-OH is 1. The summed E-state index contributed by atoms with van der Waals surface area (Å²) in [6.45, 7) is 8.28. The molecule has 1 aromatic carbocycles. The monoisotopic (exact) mass is 333 g/mol. The lowest BCUT2D eigenvalue weighted by atomic mass is 9.80. The van der Waals surface area contributed by atoms with Gasteiger partial charge in [-0.3, -0.25) is 4.79 Å². The van der Waals surface area contributed by atoms with Gasteiger partial charge in [-0.1, -0.05) is 27.7 Å². The summed E-state index contributed by atoms with van der Waals surface area (Å²) in [6, 6.07) is 5.55. The van der Waals surface area contributed by atoms with Crippen LogP contribution in [0.1, 0.15) is 33.3 Å². The zero-order chi connectivity index (χ0) is 17.9. The second kappa shape index (κ2) is 7.26. The van der Waals surface area contributed by atoms with Crippen LogP contribution < -0.4 is 10.1 Å². The molecule has 2 rings (SSSR count). The molecule has 0 spiro atoms. The molecular formula is C19H27NO4. The zero-order valence-electron chi connectivity index (χ0n) is 15.1. The van der Waals surface area contributed by atoms with E-state index in [0.29, 0.717) is 12.1 Å². The van der Waals surface area contributed by atoms with Gasteiger partial charge in [-0.05, 0) is 18.1 Å². The molecule has 0 aliphatic rings. The lowest BCUT2D eigenvalue weighted by Gasteiger charge is -2.33. The van der Waals surface area contributed by atoms with E-state index in [9.17, 15) is 9.90 Å². The molecule has 1 heterocycles. The van der Waals surface area contributed by atoms with Gasteiger partial charge >= 0.3 is 0 Å². The van der Waals surface area contributed by atoms with Crippen molar-refractivity contribution in [2.24, 2.45) is 11.3 Å². The van der Waals surface area contributed by atoms with Gasteiger partial charge in [-0.25, -0.2) is 0 Å². The molecule has 0 radical (unpaired) electrons. The Morgan fingerprint density at radius 2 is 2.08 bits per heavy atom. The first kappa shape index (κ1) is 18.3. The maximum absolute atomic E-state index is 12.3. The van der Waals surface area contributed by atoms with Crippen molar-refractivity contribution < 1.29 is 19.1 Å². The predicted molar refractivity (Wildman–Crippen MR) is 94.1 cm³/mol. The average molecular weight is 333 g/mol. The van der Waals surface area contributed by atoms with E-state index in [1.54, 1.807) is 19.4 Å². The van der Waals surface area contributed by atoms with Crippen LogP contribution >= 0.6 is 0 Å². The van der Waals surface area contributed by atoms with Crippen LogP contribution in [0, 0.1) is 11.3 Å². The maximum atomic E-state index is 12.3. The fourth-order valence-electron chi connectivity index (χ4n) is 2.90. The first-order chi connectivity index (χ1) is 11.2. The number of benzene rings is 1. The van der Waals surface area contributed by atoms with Crippen LogP contribution in [0.15, 0.2) is 28.9 Å². The van der Waals surface area contributed by atoms with Gasteiger partial charge in [-0.2, -0.15) is 0 Å². The summed E-state index contributed by atoms with van der Waals surface area (Å²) in [5.74, 6) is 0.777. The Labute approximate surface area is 143 Å². The van der Waals surface area contributed by atoms with Crippen molar-refractivity contribution in [3.8, 4) is 5.75 Å². The van der Waals surface area contributed by atoms with Crippen LogP contribution in [-0.4, -0.2) is 30.8 Å². The van der Waals surface area contributed by atoms with Crippen LogP contribution in [0.25, 0.3) is 11.0 Å². The lowest BCUT2D eigenvalue weighted by molar-refractivity contribution is -0.121. The lowest BCUT2D eigenvalue weighted by Crippen LogP contribution is -2.43. The largest absolute Gasteiger partial charge is 0.497 e. The van der Waals surface area contributed by atoms with Crippen LogP contribution in [0.4, 0.5) is 0 Å². The quantitative estimate of drug-likeness (QED) is 0.816. The summed E-state index contributed by atoms with van der Waals surface area (Å²) in [5.41, 5.74) is 1.16. The molecule has 2 aromatic rings. The molecular weight excluding hydrogens is 306 g/mol. The first-order valence-corrected chi connectivity index (χ1v) is 8.23. The van der Waals surface area contributed by atoms with Crippen molar-refractivity contribution in [3.05, 3.63) is 30.0 Å². The fraction of sp³-hybridized carbons (Fsp3) is 0.526. The number of amides is 1. The van der Waals surface area contributed by atoms with E-state index in [2.05, 4.69) is 5.32 Å². The number of methoxy groups -OCH3 is 1. The Morgan fingerprint density at radius 3 is 2.71 bits per heavy atom. The minimum atomic E-state index is -0.472. The number of hydrogen-bond donors (Lipinski definition) is 2. The molecule has 0 aliphatic heterocycles. The van der Waals surface area contributed by atoms with Crippen LogP contribution in [0.3, 0.4) is 0 Å². The molecule has 24 heavy (non-hydrogen) atoms. The number of furan rings is 1. The third kappa shape index (κ3) is 4.09. The van der Waals surface area contributed by atoms with E-state index < -0.39 is 6.10 Å². The number of hydrogen-bond acceptors (Lipinski definition) is 4. The van der Waals surface area contributed by atoms with Gasteiger partial charge in [0.15, 0.2) is 0 Å². The first-order valence-electron chi connectivity index (χ1n) is 8.23. The molecule has 0 aliphatic carbocycles. The molecule has 0 bridgehead atoms. The number of carbonyl (C=O) groups is 1. The summed E-state index contributed by atoms with van der Waals surface area (Å²) in [5, 5.41) is 14.1. The number of carbonyl (C=O) groups excluding carboxylic acids is 1. The topological polar surface area (TPSA) is 71.7 Å². The third-order valence-corrected chi connectivity index (χ3v) is 4.39. The summed E-state index contributed by atoms with van der Waals surface area (Å²) >= 11 is 0. The van der Waals surface area contributed by atoms with Gasteiger partial charge in [0.2, 0.25) is 5.91 Å². The average Bonchev–Trinajstić information content (AvgIpc) is 2.94. The Kier molecular flexibility index (Phi) is 5.54. The fourth-order valence-corrected chi connectivity index (χ4v) is 2.90. The highest BCUT2D eigenvalue weighted by atomic mass is 16.5. The molecule has 132 valence electrons. The number of fused-ring (bicyclic) bond motifs is 1. The van der Waals surface area contributed by atoms with Crippen molar-refractivity contribution in [3.63, 3.8) is 0 Å². The van der Waals surface area contributed by atoms with Crippen LogP contribution in [0.2, 0.25) is 0 Å². The Bertz CT molecular complexity index is 702. The molecule has 0 saturated heterocycles. The van der Waals surface area contributed by atoms with E-state index in [0.717, 1.165) is 16.7 Å². The zero-order valence-corrected chi connectivity index (χ0v) is 15.1. The number of rotatable bonds is 7. The van der Waals surface area contributed by atoms with Crippen LogP contribution in [0.5, 0.6) is 5.75 Å². The number of aliphatic hydroxyl groups is 1. The summed E-state index contributed by atoms with van der Waals surface area (Å²) < 4.78 is 10.7. The molecule has 0 fully saturated rings. The van der Waals surface area contributed by atoms with Crippen molar-refractivity contribution >= 4 is 16.9 Å². The number of ether oxygens (including phenoxy) is 1. The summed E-state index contributed by atoms with van der Waals surface area (Å²) in [7, 11) is 1.60. The van der Waals surface area contributed by atoms with Gasteiger partial charge in [0, 0.05) is 29.0 Å². The van der Waals surface area contributed by atoms with Gasteiger partial charge in [0.25, 0.3) is 0 Å². The predicted octanol–water partition coefficient (Wildman–Crippen LogP) is 3.14. The molecule has 2 N–H and O–H groups in total. The molecule has 1 aromatic heterocycles. The minimum absolute atomic E-state index is 0.0856. The summed E-state index contributed by atoms with van der Waals surface area (Å²) in [4.78, 5) is 12.3. The van der Waals surface area contributed by atoms with Gasteiger partial charge in [0.05, 0.1) is 25.9 Å². The van der Waals surface area contributed by atoms with Gasteiger partial charge < -0.3 is 19.6 Å². The molecule has 0 saturated carbocycles. The highest BCUT2D eigenvalue weighted by Gasteiger charge is 2.30. The van der Waals surface area contributed by atoms with E-state index in [1.807, 2.05) is 39.8 Å². The molecule has 5 heteroatoms. The molecule has 5 nitrogen and oxygen atoms in total. The Morgan fingerprint density at radius 1 is 1.38 bits per heavy atom. The highest BCUT2D eigenvalue weighted by molar-refractivity contribution is 5.88. The Balaban J connectivity index is 2.00. The molecule has 1 amide bonds.